The summed E-state index contributed by atoms with van der Waals surface area (Å²) in [6, 6.07) is 9.70. The lowest BCUT2D eigenvalue weighted by molar-refractivity contribution is -0.120. The second kappa shape index (κ2) is 5.92. The lowest BCUT2D eigenvalue weighted by Crippen LogP contribution is -2.40. The van der Waals surface area contributed by atoms with E-state index in [1.54, 1.807) is 0 Å². The molecule has 1 N–H and O–H groups in total. The molecule has 1 aromatic carbocycles. The van der Waals surface area contributed by atoms with Crippen molar-refractivity contribution in [3.63, 3.8) is 0 Å². The number of amides is 1. The van der Waals surface area contributed by atoms with Crippen LogP contribution in [0.4, 0.5) is 0 Å². The summed E-state index contributed by atoms with van der Waals surface area (Å²) in [7, 11) is 0. The topological polar surface area (TPSA) is 52.9 Å². The van der Waals surface area contributed by atoms with Crippen LogP contribution in [0.3, 0.4) is 0 Å². The molecule has 1 amide bonds. The van der Waals surface area contributed by atoms with E-state index in [2.05, 4.69) is 31.3 Å². The van der Waals surface area contributed by atoms with Gasteiger partial charge >= 0.3 is 0 Å². The molecule has 0 saturated heterocycles. The van der Waals surface area contributed by atoms with Crippen LogP contribution in [0.2, 0.25) is 0 Å². The third-order valence-electron chi connectivity index (χ3n) is 3.17. The van der Waals surface area contributed by atoms with Crippen molar-refractivity contribution in [2.75, 3.05) is 0 Å². The van der Waals surface area contributed by atoms with Crippen LogP contribution in [0.25, 0.3) is 0 Å². The highest BCUT2D eigenvalue weighted by Crippen LogP contribution is 2.26. The third kappa shape index (κ3) is 4.55. The van der Waals surface area contributed by atoms with E-state index in [1.165, 1.54) is 6.92 Å². The minimum Gasteiger partial charge on any atom is -0.348 e. The zero-order valence-electron chi connectivity index (χ0n) is 12.8. The van der Waals surface area contributed by atoms with Crippen molar-refractivity contribution in [2.45, 2.75) is 45.6 Å². The second-order valence-corrected chi connectivity index (χ2v) is 6.15. The predicted octanol–water partition coefficient (Wildman–Crippen LogP) is 3.31. The first-order valence-electron chi connectivity index (χ1n) is 6.66. The maximum Gasteiger partial charge on any atom is 0.217 e. The van der Waals surface area contributed by atoms with Gasteiger partial charge in [0.2, 0.25) is 5.91 Å². The zero-order valence-corrected chi connectivity index (χ0v) is 12.8. The monoisotopic (exact) mass is 270 g/mol. The van der Waals surface area contributed by atoms with Crippen molar-refractivity contribution in [3.05, 3.63) is 47.5 Å². The molecule has 20 heavy (non-hydrogen) atoms. The van der Waals surface area contributed by atoms with Crippen LogP contribution in [-0.4, -0.2) is 11.4 Å². The summed E-state index contributed by atoms with van der Waals surface area (Å²) in [4.78, 5) is 11.1. The van der Waals surface area contributed by atoms with Gasteiger partial charge in [-0.2, -0.15) is 5.26 Å². The van der Waals surface area contributed by atoms with Crippen molar-refractivity contribution in [1.29, 1.82) is 5.26 Å². The maximum absolute atomic E-state index is 11.1. The van der Waals surface area contributed by atoms with Gasteiger partial charge in [0.25, 0.3) is 0 Å². The quantitative estimate of drug-likeness (QED) is 0.853. The molecule has 1 aromatic rings. The van der Waals surface area contributed by atoms with E-state index in [9.17, 15) is 4.79 Å². The van der Waals surface area contributed by atoms with Gasteiger partial charge in [-0.1, -0.05) is 38.1 Å². The van der Waals surface area contributed by atoms with E-state index in [-0.39, 0.29) is 16.9 Å². The van der Waals surface area contributed by atoms with Crippen LogP contribution in [-0.2, 0) is 10.2 Å². The molecule has 3 nitrogen and oxygen atoms in total. The highest BCUT2D eigenvalue weighted by Gasteiger charge is 2.20. The van der Waals surface area contributed by atoms with E-state index < -0.39 is 0 Å². The first-order chi connectivity index (χ1) is 9.16. The van der Waals surface area contributed by atoms with Gasteiger partial charge in [0.15, 0.2) is 0 Å². The normalized spacial score (nSPS) is 12.2. The van der Waals surface area contributed by atoms with E-state index in [0.29, 0.717) is 5.56 Å². The Morgan fingerprint density at radius 1 is 1.15 bits per heavy atom. The number of rotatable bonds is 4. The number of nitrogens with one attached hydrogen (secondary N) is 1. The van der Waals surface area contributed by atoms with Crippen molar-refractivity contribution in [1.82, 2.24) is 5.32 Å². The molecule has 0 bridgehead atoms. The van der Waals surface area contributed by atoms with Crippen LogP contribution in [0.1, 0.15) is 45.7 Å². The number of nitrogens with zero attached hydrogens (tertiary/aromatic N) is 1. The van der Waals surface area contributed by atoms with Gasteiger partial charge in [0.05, 0.1) is 17.2 Å². The fourth-order valence-corrected chi connectivity index (χ4v) is 1.98. The predicted molar refractivity (Wildman–Crippen MR) is 81.2 cm³/mol. The van der Waals surface area contributed by atoms with Gasteiger partial charge in [-0.15, -0.1) is 0 Å². The van der Waals surface area contributed by atoms with Crippen molar-refractivity contribution in [3.8, 4) is 6.07 Å². The Morgan fingerprint density at radius 2 is 1.70 bits per heavy atom. The number of hydrogen-bond acceptors (Lipinski definition) is 2. The Balaban J connectivity index is 2.93. The average Bonchev–Trinajstić information content (AvgIpc) is 2.35. The SMILES string of the molecule is CC(=O)NC(C)(C)C=CC(C)(C)c1ccc(C#N)cc1. The molecule has 0 aliphatic rings. The van der Waals surface area contributed by atoms with Crippen LogP contribution in [0.5, 0.6) is 0 Å². The molecule has 0 aliphatic heterocycles. The van der Waals surface area contributed by atoms with E-state index in [4.69, 9.17) is 5.26 Å². The fraction of sp³-hybridized carbons (Fsp3) is 0.412. The molecule has 0 heterocycles. The van der Waals surface area contributed by atoms with E-state index >= 15 is 0 Å². The maximum atomic E-state index is 11.1. The second-order valence-electron chi connectivity index (χ2n) is 6.15. The Hall–Kier alpha value is -2.08. The fourth-order valence-electron chi connectivity index (χ4n) is 1.98. The standard InChI is InChI=1S/C17H22N2O/c1-13(20)19-17(4,5)11-10-16(2,3)15-8-6-14(12-18)7-9-15/h6-11H,1-5H3,(H,19,20). The van der Waals surface area contributed by atoms with Crippen LogP contribution in [0, 0.1) is 11.3 Å². The molecule has 0 radical (unpaired) electrons. The summed E-state index contributed by atoms with van der Waals surface area (Å²) in [5.74, 6) is -0.0455. The zero-order chi connectivity index (χ0) is 15.4. The number of allylic oxidation sites excluding steroid dienone is 1. The van der Waals surface area contributed by atoms with E-state index in [1.807, 2.05) is 44.2 Å². The Bertz CT molecular complexity index is 545. The number of carbonyl (C=O) groups excluding carboxylic acids is 1. The summed E-state index contributed by atoms with van der Waals surface area (Å²) in [5.41, 5.74) is 1.25. The van der Waals surface area contributed by atoms with Gasteiger partial charge in [0, 0.05) is 12.3 Å². The molecule has 1 rings (SSSR count). The minimum absolute atomic E-state index is 0.0455. The molecule has 0 aliphatic carbocycles. The molecular weight excluding hydrogens is 248 g/mol. The lowest BCUT2D eigenvalue weighted by Gasteiger charge is -2.26. The van der Waals surface area contributed by atoms with Gasteiger partial charge in [-0.3, -0.25) is 4.79 Å². The summed E-state index contributed by atoms with van der Waals surface area (Å²) in [6.45, 7) is 9.64. The van der Waals surface area contributed by atoms with Crippen LogP contribution >= 0.6 is 0 Å². The molecule has 0 fully saturated rings. The summed E-state index contributed by atoms with van der Waals surface area (Å²) < 4.78 is 0. The van der Waals surface area contributed by atoms with Gasteiger partial charge < -0.3 is 5.32 Å². The first kappa shape index (κ1) is 16.0. The number of carbonyl (C=O) groups is 1. The Morgan fingerprint density at radius 3 is 2.15 bits per heavy atom. The summed E-state index contributed by atoms with van der Waals surface area (Å²) in [5, 5.41) is 11.7. The van der Waals surface area contributed by atoms with Crippen LogP contribution in [0.15, 0.2) is 36.4 Å². The molecule has 106 valence electrons. The number of benzene rings is 1. The highest BCUT2D eigenvalue weighted by molar-refractivity contribution is 5.74. The van der Waals surface area contributed by atoms with E-state index in [0.717, 1.165) is 5.56 Å². The van der Waals surface area contributed by atoms with Gasteiger partial charge in [0.1, 0.15) is 0 Å². The first-order valence-corrected chi connectivity index (χ1v) is 6.66. The lowest BCUT2D eigenvalue weighted by atomic mass is 9.82. The Labute approximate surface area is 121 Å². The molecule has 3 heteroatoms. The highest BCUT2D eigenvalue weighted by atomic mass is 16.1. The van der Waals surface area contributed by atoms with Crippen LogP contribution < -0.4 is 5.32 Å². The molecular formula is C17H22N2O. The van der Waals surface area contributed by atoms with Crippen molar-refractivity contribution >= 4 is 5.91 Å². The molecule has 0 saturated carbocycles. The smallest absolute Gasteiger partial charge is 0.217 e. The number of hydrogen-bond donors (Lipinski definition) is 1. The largest absolute Gasteiger partial charge is 0.348 e. The van der Waals surface area contributed by atoms with Crippen molar-refractivity contribution < 1.29 is 4.79 Å². The molecule has 0 spiro atoms. The number of nitriles is 1. The van der Waals surface area contributed by atoms with Gasteiger partial charge in [-0.05, 0) is 31.5 Å². The summed E-state index contributed by atoms with van der Waals surface area (Å²) >= 11 is 0. The van der Waals surface area contributed by atoms with Crippen molar-refractivity contribution in [2.24, 2.45) is 0 Å². The minimum atomic E-state index is -0.379. The Kier molecular flexibility index (Phi) is 4.73. The average molecular weight is 270 g/mol. The summed E-state index contributed by atoms with van der Waals surface area (Å²) in [6.07, 6.45) is 4.09. The third-order valence-corrected chi connectivity index (χ3v) is 3.17. The molecule has 0 atom stereocenters. The molecule has 0 aromatic heterocycles. The molecule has 0 unspecified atom stereocenters. The van der Waals surface area contributed by atoms with Gasteiger partial charge in [-0.25, -0.2) is 0 Å².